The molecule has 2 atom stereocenters. The number of nitrogens with zero attached hydrogens (tertiary/aromatic N) is 2. The largest absolute Gasteiger partial charge is 0.481 e. The van der Waals surface area contributed by atoms with Gasteiger partial charge >= 0.3 is 11.9 Å². The molecule has 4 saturated carbocycles. The molecular weight excluding hydrogens is 936 g/mol. The van der Waals surface area contributed by atoms with Crippen LogP contribution in [0, 0.1) is 36.5 Å². The number of carbonyl (C=O) groups is 4. The van der Waals surface area contributed by atoms with Crippen molar-refractivity contribution in [1.82, 2.24) is 10.3 Å². The van der Waals surface area contributed by atoms with Gasteiger partial charge < -0.3 is 18.9 Å². The molecule has 0 saturated heterocycles. The summed E-state index contributed by atoms with van der Waals surface area (Å²) in [5.74, 6) is 3.31. The normalized spacial score (nSPS) is 20.8. The van der Waals surface area contributed by atoms with Gasteiger partial charge in [0.2, 0.25) is 0 Å². The molecule has 0 radical (unpaired) electrons. The number of aromatic nitrogens is 2. The molecule has 8 rings (SSSR count). The Balaban J connectivity index is 0.000000209. The van der Waals surface area contributed by atoms with Crippen molar-refractivity contribution >= 4 is 46.7 Å². The van der Waals surface area contributed by atoms with E-state index in [0.29, 0.717) is 63.8 Å². The highest BCUT2D eigenvalue weighted by atomic mass is 35.5. The summed E-state index contributed by atoms with van der Waals surface area (Å²) in [6.07, 6.45) is 13.7. The van der Waals surface area contributed by atoms with Crippen molar-refractivity contribution in [1.29, 1.82) is 0 Å². The number of carboxylic acids is 1. The van der Waals surface area contributed by atoms with E-state index in [9.17, 15) is 24.3 Å². The first-order valence-corrected chi connectivity index (χ1v) is 27.1. The van der Waals surface area contributed by atoms with Crippen molar-refractivity contribution < 1.29 is 38.1 Å². The highest BCUT2D eigenvalue weighted by Crippen LogP contribution is 2.55. The fraction of sp³-hybridized carbons (Fsp3) is 0.627. The van der Waals surface area contributed by atoms with E-state index in [2.05, 4.69) is 51.9 Å². The van der Waals surface area contributed by atoms with E-state index in [-0.39, 0.29) is 61.5 Å². The Bertz CT molecular complexity index is 2510. The van der Waals surface area contributed by atoms with E-state index in [4.69, 9.17) is 37.0 Å². The van der Waals surface area contributed by atoms with Gasteiger partial charge in [0, 0.05) is 83.4 Å². The Morgan fingerprint density at radius 1 is 0.648 bits per heavy atom. The van der Waals surface area contributed by atoms with Crippen LogP contribution < -0.4 is 0 Å². The van der Waals surface area contributed by atoms with Crippen LogP contribution in [0.3, 0.4) is 0 Å². The molecule has 2 aromatic carbocycles. The van der Waals surface area contributed by atoms with Crippen LogP contribution in [0.4, 0.5) is 0 Å². The van der Waals surface area contributed by atoms with E-state index in [1.165, 1.54) is 31.1 Å². The van der Waals surface area contributed by atoms with Crippen molar-refractivity contribution in [2.24, 2.45) is 22.7 Å². The molecule has 4 aromatic rings. The van der Waals surface area contributed by atoms with E-state index in [1.54, 1.807) is 0 Å². The first kappa shape index (κ1) is 54.5. The lowest BCUT2D eigenvalue weighted by molar-refractivity contribution is -0.141. The summed E-state index contributed by atoms with van der Waals surface area (Å²) in [6.45, 7) is 17.7. The molecule has 0 unspecified atom stereocenters. The zero-order valence-electron chi connectivity index (χ0n) is 43.8. The molecule has 71 heavy (non-hydrogen) atoms. The minimum atomic E-state index is -0.860. The van der Waals surface area contributed by atoms with E-state index >= 15 is 0 Å². The number of ether oxygens (including phenoxy) is 1. The number of rotatable bonds is 22. The summed E-state index contributed by atoms with van der Waals surface area (Å²) >= 11 is 12.8. The zero-order valence-corrected chi connectivity index (χ0v) is 45.3. The van der Waals surface area contributed by atoms with Gasteiger partial charge in [-0.05, 0) is 160 Å². The number of hydrogen-bond acceptors (Lipinski definition) is 9. The number of carboxylic acid groups (broad SMARTS) is 1. The Morgan fingerprint density at radius 3 is 1.38 bits per heavy atom. The lowest BCUT2D eigenvalue weighted by Crippen LogP contribution is -2.27. The molecule has 4 fully saturated rings. The van der Waals surface area contributed by atoms with Crippen molar-refractivity contribution in [3.8, 4) is 0 Å². The number of halogens is 2. The average molecular weight is 1010 g/mol. The van der Waals surface area contributed by atoms with E-state index in [1.807, 2.05) is 50.2 Å². The van der Waals surface area contributed by atoms with Gasteiger partial charge in [-0.25, -0.2) is 0 Å². The van der Waals surface area contributed by atoms with E-state index < -0.39 is 5.97 Å². The molecule has 0 spiro atoms. The number of benzene rings is 2. The maximum atomic E-state index is 13.2. The van der Waals surface area contributed by atoms with Gasteiger partial charge in [-0.15, -0.1) is 0 Å². The van der Waals surface area contributed by atoms with E-state index in [0.717, 1.165) is 108 Å². The van der Waals surface area contributed by atoms with Gasteiger partial charge in [-0.1, -0.05) is 99.3 Å². The molecule has 0 aliphatic heterocycles. The lowest BCUT2D eigenvalue weighted by Gasteiger charge is -2.38. The molecular formula is C59H78Cl2N2O8. The zero-order chi connectivity index (χ0) is 51.4. The van der Waals surface area contributed by atoms with Gasteiger partial charge in [-0.3, -0.25) is 19.2 Å². The Morgan fingerprint density at radius 2 is 1.04 bits per heavy atom. The third-order valence-electron chi connectivity index (χ3n) is 15.1. The quantitative estimate of drug-likeness (QED) is 0.0754. The van der Waals surface area contributed by atoms with Crippen LogP contribution in [-0.2, 0) is 36.8 Å². The van der Waals surface area contributed by atoms with Crippen molar-refractivity contribution in [3.05, 3.63) is 103 Å². The topological polar surface area (TPSA) is 150 Å². The predicted molar refractivity (Wildman–Crippen MR) is 279 cm³/mol. The standard InChI is InChI=1S/C30H40ClNO4.C29H38ClNO4/c1-18-6-7-21(25(31)12-18)15-24(33)16-22(10-11-26(34)35-5)29-27(20-8-9-20)28(32-36-29)23-13-19(14-23)17-30(2,3)4;1-17-5-6-20(24(30)11-17)14-23(32)15-21(9-10-25(33)34)28-26(19-7-8-19)27(31-35-28)22-12-18(13-22)16-29(2,3)4/h6-7,12,19-20,22-23H,8-11,13-17H2,1-5H3;5-6,11,18-19,21-22H,7-10,12-16H2,1-4H3,(H,33,34)/t19?,22-,23?;18?,21-,22?/m00/s1. The summed E-state index contributed by atoms with van der Waals surface area (Å²) in [7, 11) is 1.40. The molecule has 2 aromatic heterocycles. The maximum Gasteiger partial charge on any atom is 0.305 e. The van der Waals surface area contributed by atoms with Gasteiger partial charge in [0.25, 0.3) is 0 Å². The predicted octanol–water partition coefficient (Wildman–Crippen LogP) is 15.3. The summed E-state index contributed by atoms with van der Waals surface area (Å²) in [5.41, 5.74) is 9.00. The molecule has 0 amide bonds. The second-order valence-corrected chi connectivity index (χ2v) is 25.1. The molecule has 386 valence electrons. The van der Waals surface area contributed by atoms with Crippen molar-refractivity contribution in [2.45, 2.75) is 206 Å². The first-order chi connectivity index (χ1) is 33.5. The fourth-order valence-corrected chi connectivity index (χ4v) is 12.0. The Kier molecular flexibility index (Phi) is 17.9. The number of hydrogen-bond donors (Lipinski definition) is 1. The highest BCUT2D eigenvalue weighted by molar-refractivity contribution is 6.32. The van der Waals surface area contributed by atoms with Gasteiger partial charge in [-0.2, -0.15) is 0 Å². The first-order valence-electron chi connectivity index (χ1n) is 26.3. The number of ketones is 2. The third kappa shape index (κ3) is 15.4. The van der Waals surface area contributed by atoms with Gasteiger partial charge in [0.1, 0.15) is 23.1 Å². The van der Waals surface area contributed by atoms with Gasteiger partial charge in [0.15, 0.2) is 0 Å². The van der Waals surface area contributed by atoms with Crippen LogP contribution in [-0.4, -0.2) is 46.0 Å². The number of aliphatic carboxylic acids is 1. The third-order valence-corrected chi connectivity index (χ3v) is 15.8. The highest BCUT2D eigenvalue weighted by Gasteiger charge is 2.44. The molecule has 0 bridgehead atoms. The Labute approximate surface area is 432 Å². The van der Waals surface area contributed by atoms with Crippen LogP contribution in [0.2, 0.25) is 10.0 Å². The molecule has 10 nitrogen and oxygen atoms in total. The van der Waals surface area contributed by atoms with Crippen LogP contribution in [0.25, 0.3) is 0 Å². The summed E-state index contributed by atoms with van der Waals surface area (Å²) in [6, 6.07) is 11.5. The van der Waals surface area contributed by atoms with Crippen LogP contribution >= 0.6 is 23.2 Å². The minimum absolute atomic E-state index is 0.000456. The Hall–Kier alpha value is -4.28. The van der Waals surface area contributed by atoms with Crippen LogP contribution in [0.5, 0.6) is 0 Å². The summed E-state index contributed by atoms with van der Waals surface area (Å²) in [4.78, 5) is 49.7. The fourth-order valence-electron chi connectivity index (χ4n) is 11.4. The minimum Gasteiger partial charge on any atom is -0.481 e. The number of esters is 1. The molecule has 1 N–H and O–H groups in total. The smallest absolute Gasteiger partial charge is 0.305 e. The SMILES string of the molecule is COC(=O)CC[C@@H](CC(=O)Cc1ccc(C)cc1Cl)c1onc(C2CC(CC(C)(C)C)C2)c1C1CC1.Cc1ccc(CC(=O)C[C@H](CCC(=O)O)c2onc(C3CC(CC(C)(C)C)C3)c2C2CC2)c(Cl)c1. The van der Waals surface area contributed by atoms with Crippen LogP contribution in [0.1, 0.15) is 236 Å². The monoisotopic (exact) mass is 1010 g/mol. The second kappa shape index (κ2) is 23.3. The molecule has 12 heteroatoms. The second-order valence-electron chi connectivity index (χ2n) is 24.3. The van der Waals surface area contributed by atoms with Gasteiger partial charge in [0.05, 0.1) is 18.5 Å². The maximum absolute atomic E-state index is 13.2. The number of Topliss-reactive ketones (excluding diaryl/α,β-unsaturated/α-hetero) is 2. The van der Waals surface area contributed by atoms with Crippen LogP contribution in [0.15, 0.2) is 45.4 Å². The number of carbonyl (C=O) groups excluding carboxylic acids is 3. The number of methoxy groups -OCH3 is 1. The average Bonchev–Trinajstić information content (AvgIpc) is 4.20. The van der Waals surface area contributed by atoms with Crippen molar-refractivity contribution in [2.75, 3.05) is 7.11 Å². The number of aryl methyl sites for hydroxylation is 2. The summed E-state index contributed by atoms with van der Waals surface area (Å²) < 4.78 is 16.9. The summed E-state index contributed by atoms with van der Waals surface area (Å²) in [5, 5.41) is 19.7. The molecule has 4 aliphatic rings. The van der Waals surface area contributed by atoms with Crippen molar-refractivity contribution in [3.63, 3.8) is 0 Å². The lowest BCUT2D eigenvalue weighted by atomic mass is 9.66. The molecule has 4 aliphatic carbocycles. The molecule has 2 heterocycles.